The maximum absolute atomic E-state index is 12.9. The molecule has 1 aromatic rings. The van der Waals surface area contributed by atoms with E-state index in [0.717, 1.165) is 36.5 Å². The molecule has 20 heavy (non-hydrogen) atoms. The van der Waals surface area contributed by atoms with E-state index >= 15 is 0 Å². The van der Waals surface area contributed by atoms with Crippen molar-refractivity contribution in [3.8, 4) is 5.75 Å². The van der Waals surface area contributed by atoms with Crippen molar-refractivity contribution < 1.29 is 9.53 Å². The van der Waals surface area contributed by atoms with Crippen molar-refractivity contribution in [2.24, 2.45) is 11.8 Å². The zero-order valence-electron chi connectivity index (χ0n) is 12.3. The lowest BCUT2D eigenvalue weighted by molar-refractivity contribution is -0.126. The fourth-order valence-electron chi connectivity index (χ4n) is 3.84. The van der Waals surface area contributed by atoms with E-state index in [1.165, 1.54) is 19.3 Å². The van der Waals surface area contributed by atoms with Crippen LogP contribution in [0.2, 0.25) is 0 Å². The first kappa shape index (κ1) is 13.7. The summed E-state index contributed by atoms with van der Waals surface area (Å²) in [6.45, 7) is 2.93. The van der Waals surface area contributed by atoms with Crippen LogP contribution in [0.3, 0.4) is 0 Å². The highest BCUT2D eigenvalue weighted by molar-refractivity contribution is 5.88. The molecule has 0 N–H and O–H groups in total. The van der Waals surface area contributed by atoms with Crippen LogP contribution in [-0.2, 0) is 4.79 Å². The summed E-state index contributed by atoms with van der Waals surface area (Å²) >= 11 is 0. The van der Waals surface area contributed by atoms with Crippen molar-refractivity contribution >= 4 is 5.78 Å². The second-order valence-corrected chi connectivity index (χ2v) is 6.27. The molecule has 3 rings (SSSR count). The molecule has 0 saturated heterocycles. The average molecular weight is 272 g/mol. The molecule has 1 fully saturated rings. The molecular weight excluding hydrogens is 248 g/mol. The van der Waals surface area contributed by atoms with E-state index in [1.54, 1.807) is 0 Å². The molecule has 3 unspecified atom stereocenters. The molecule has 1 heterocycles. The maximum Gasteiger partial charge on any atom is 0.143 e. The topological polar surface area (TPSA) is 26.3 Å². The first-order valence-electron chi connectivity index (χ1n) is 8.05. The highest BCUT2D eigenvalue weighted by Gasteiger charge is 2.34. The predicted molar refractivity (Wildman–Crippen MR) is 80.0 cm³/mol. The Morgan fingerprint density at radius 2 is 2.10 bits per heavy atom. The molecule has 2 nitrogen and oxygen atoms in total. The number of fused-ring (bicyclic) bond motifs is 1. The minimum absolute atomic E-state index is 0.0700. The van der Waals surface area contributed by atoms with E-state index in [2.05, 4.69) is 13.0 Å². The van der Waals surface area contributed by atoms with Crippen LogP contribution < -0.4 is 4.74 Å². The quantitative estimate of drug-likeness (QED) is 0.818. The zero-order chi connectivity index (χ0) is 13.9. The van der Waals surface area contributed by atoms with Crippen molar-refractivity contribution in [2.75, 3.05) is 6.61 Å². The summed E-state index contributed by atoms with van der Waals surface area (Å²) in [4.78, 5) is 12.9. The van der Waals surface area contributed by atoms with Crippen molar-refractivity contribution in [2.45, 2.75) is 51.4 Å². The first-order valence-corrected chi connectivity index (χ1v) is 8.05. The Hall–Kier alpha value is -1.31. The van der Waals surface area contributed by atoms with Gasteiger partial charge in [-0.25, -0.2) is 0 Å². The Morgan fingerprint density at radius 3 is 2.95 bits per heavy atom. The fraction of sp³-hybridized carbons (Fsp3) is 0.611. The second-order valence-electron chi connectivity index (χ2n) is 6.27. The second kappa shape index (κ2) is 5.99. The SMILES string of the molecule is CCC1CCCC(C(=O)C2CCOc3ccccc32)C1. The monoisotopic (exact) mass is 272 g/mol. The molecule has 1 aliphatic carbocycles. The van der Waals surface area contributed by atoms with Gasteiger partial charge in [-0.2, -0.15) is 0 Å². The molecular formula is C18H24O2. The average Bonchev–Trinajstić information content (AvgIpc) is 2.53. The molecule has 1 aliphatic heterocycles. The smallest absolute Gasteiger partial charge is 0.143 e. The molecule has 0 amide bonds. The van der Waals surface area contributed by atoms with E-state index in [1.807, 2.05) is 18.2 Å². The summed E-state index contributed by atoms with van der Waals surface area (Å²) in [7, 11) is 0. The molecule has 0 spiro atoms. The van der Waals surface area contributed by atoms with Crippen LogP contribution in [0.1, 0.15) is 56.9 Å². The number of hydrogen-bond acceptors (Lipinski definition) is 2. The standard InChI is InChI=1S/C18H24O2/c1-2-13-6-5-7-14(12-13)18(19)16-10-11-20-17-9-4-3-8-15(16)17/h3-4,8-9,13-14,16H,2,5-7,10-12H2,1H3. The number of carbonyl (C=O) groups excluding carboxylic acids is 1. The van der Waals surface area contributed by atoms with E-state index in [4.69, 9.17) is 4.74 Å². The Balaban J connectivity index is 1.78. The highest BCUT2D eigenvalue weighted by atomic mass is 16.5. The third-order valence-electron chi connectivity index (χ3n) is 5.06. The van der Waals surface area contributed by atoms with Gasteiger partial charge >= 0.3 is 0 Å². The third-order valence-corrected chi connectivity index (χ3v) is 5.06. The minimum Gasteiger partial charge on any atom is -0.493 e. The van der Waals surface area contributed by atoms with E-state index in [-0.39, 0.29) is 11.8 Å². The van der Waals surface area contributed by atoms with Crippen LogP contribution in [0.4, 0.5) is 0 Å². The van der Waals surface area contributed by atoms with Gasteiger partial charge in [0, 0.05) is 17.4 Å². The van der Waals surface area contributed by atoms with Crippen LogP contribution >= 0.6 is 0 Å². The minimum atomic E-state index is 0.0700. The lowest BCUT2D eigenvalue weighted by atomic mass is 9.73. The van der Waals surface area contributed by atoms with Crippen molar-refractivity contribution in [3.63, 3.8) is 0 Å². The Labute approximate surface area is 121 Å². The molecule has 2 aliphatic rings. The van der Waals surface area contributed by atoms with Gasteiger partial charge in [0.05, 0.1) is 6.61 Å². The van der Waals surface area contributed by atoms with Gasteiger partial charge in [0.15, 0.2) is 0 Å². The highest BCUT2D eigenvalue weighted by Crippen LogP contribution is 2.39. The molecule has 3 atom stereocenters. The molecule has 1 aromatic carbocycles. The van der Waals surface area contributed by atoms with Gasteiger partial charge in [-0.15, -0.1) is 0 Å². The third kappa shape index (κ3) is 2.61. The Morgan fingerprint density at radius 1 is 1.25 bits per heavy atom. The molecule has 108 valence electrons. The summed E-state index contributed by atoms with van der Waals surface area (Å²) in [5, 5.41) is 0. The fourth-order valence-corrected chi connectivity index (χ4v) is 3.84. The van der Waals surface area contributed by atoms with Crippen molar-refractivity contribution in [1.82, 2.24) is 0 Å². The molecule has 1 saturated carbocycles. The van der Waals surface area contributed by atoms with Gasteiger partial charge in [0.25, 0.3) is 0 Å². The molecule has 0 aromatic heterocycles. The molecule has 2 heteroatoms. The molecule has 0 radical (unpaired) electrons. The van der Waals surface area contributed by atoms with E-state index in [9.17, 15) is 4.79 Å². The van der Waals surface area contributed by atoms with Gasteiger partial charge in [-0.3, -0.25) is 4.79 Å². The van der Waals surface area contributed by atoms with Crippen LogP contribution in [0.5, 0.6) is 5.75 Å². The van der Waals surface area contributed by atoms with Gasteiger partial charge in [0.1, 0.15) is 11.5 Å². The van der Waals surface area contributed by atoms with Crippen LogP contribution in [0.25, 0.3) is 0 Å². The number of benzene rings is 1. The summed E-state index contributed by atoms with van der Waals surface area (Å²) in [5.74, 6) is 2.50. The van der Waals surface area contributed by atoms with Gasteiger partial charge in [-0.1, -0.05) is 44.4 Å². The number of Topliss-reactive ketones (excluding diaryl/α,β-unsaturated/α-hetero) is 1. The number of hydrogen-bond donors (Lipinski definition) is 0. The normalized spacial score (nSPS) is 29.4. The number of ketones is 1. The first-order chi connectivity index (χ1) is 9.79. The number of rotatable bonds is 3. The summed E-state index contributed by atoms with van der Waals surface area (Å²) in [5.41, 5.74) is 1.11. The lowest BCUT2D eigenvalue weighted by Gasteiger charge is -2.32. The summed E-state index contributed by atoms with van der Waals surface area (Å²) < 4.78 is 5.68. The van der Waals surface area contributed by atoms with Gasteiger partial charge in [0.2, 0.25) is 0 Å². The maximum atomic E-state index is 12.9. The Kier molecular flexibility index (Phi) is 4.09. The van der Waals surface area contributed by atoms with Gasteiger partial charge in [-0.05, 0) is 31.2 Å². The summed E-state index contributed by atoms with van der Waals surface area (Å²) in [6, 6.07) is 8.06. The van der Waals surface area contributed by atoms with Crippen LogP contribution in [0, 0.1) is 11.8 Å². The molecule has 0 bridgehead atoms. The number of para-hydroxylation sites is 1. The number of carbonyl (C=O) groups is 1. The van der Waals surface area contributed by atoms with Gasteiger partial charge < -0.3 is 4.74 Å². The summed E-state index contributed by atoms with van der Waals surface area (Å²) in [6.07, 6.45) is 6.80. The number of ether oxygens (including phenoxy) is 1. The van der Waals surface area contributed by atoms with Crippen molar-refractivity contribution in [1.29, 1.82) is 0 Å². The van der Waals surface area contributed by atoms with Crippen molar-refractivity contribution in [3.05, 3.63) is 29.8 Å². The van der Waals surface area contributed by atoms with E-state index < -0.39 is 0 Å². The predicted octanol–water partition coefficient (Wildman–Crippen LogP) is 4.34. The van der Waals surface area contributed by atoms with E-state index in [0.29, 0.717) is 12.4 Å². The van der Waals surface area contributed by atoms with Crippen LogP contribution in [-0.4, -0.2) is 12.4 Å². The van der Waals surface area contributed by atoms with Crippen LogP contribution in [0.15, 0.2) is 24.3 Å². The lowest BCUT2D eigenvalue weighted by Crippen LogP contribution is -2.30. The largest absolute Gasteiger partial charge is 0.493 e. The Bertz CT molecular complexity index is 480. The zero-order valence-corrected chi connectivity index (χ0v) is 12.3.